The minimum absolute atomic E-state index is 0.957. The van der Waals surface area contributed by atoms with Gasteiger partial charge in [-0.3, -0.25) is 0 Å². The Kier molecular flexibility index (Phi) is 6.61. The van der Waals surface area contributed by atoms with E-state index in [0.29, 0.717) is 0 Å². The molecule has 92 valence electrons. The van der Waals surface area contributed by atoms with Crippen molar-refractivity contribution in [2.45, 2.75) is 33.7 Å². The van der Waals surface area contributed by atoms with Crippen LogP contribution in [0.4, 0.5) is 0 Å². The lowest BCUT2D eigenvalue weighted by molar-refractivity contribution is 0.302. The van der Waals surface area contributed by atoms with E-state index in [-0.39, 0.29) is 0 Å². The smallest absolute Gasteiger partial charge is 0.0925 e. The van der Waals surface area contributed by atoms with E-state index in [9.17, 15) is 0 Å². The van der Waals surface area contributed by atoms with Crippen molar-refractivity contribution < 1.29 is 0 Å². The molecule has 1 rings (SSSR count). The van der Waals surface area contributed by atoms with Crippen LogP contribution in [0, 0.1) is 0 Å². The molecule has 0 aliphatic heterocycles. The summed E-state index contributed by atoms with van der Waals surface area (Å²) in [6, 6.07) is 0. The monoisotopic (exact) mass is 241 g/mol. The lowest BCUT2D eigenvalue weighted by atomic mass is 10.4. The van der Waals surface area contributed by atoms with Crippen LogP contribution in [-0.4, -0.2) is 36.1 Å². The van der Waals surface area contributed by atoms with Crippen molar-refractivity contribution >= 4 is 11.3 Å². The zero-order valence-electron chi connectivity index (χ0n) is 10.6. The van der Waals surface area contributed by atoms with Gasteiger partial charge < -0.3 is 10.2 Å². The normalized spacial score (nSPS) is 11.2. The van der Waals surface area contributed by atoms with Crippen LogP contribution < -0.4 is 5.32 Å². The topological polar surface area (TPSA) is 28.2 Å². The molecule has 0 atom stereocenters. The van der Waals surface area contributed by atoms with Crippen LogP contribution in [0.5, 0.6) is 0 Å². The molecule has 0 saturated heterocycles. The van der Waals surface area contributed by atoms with Gasteiger partial charge in [0.2, 0.25) is 0 Å². The van der Waals surface area contributed by atoms with Gasteiger partial charge in [-0.15, -0.1) is 11.3 Å². The van der Waals surface area contributed by atoms with Gasteiger partial charge >= 0.3 is 0 Å². The maximum atomic E-state index is 4.35. The first-order valence-corrected chi connectivity index (χ1v) is 6.98. The molecular weight excluding hydrogens is 218 g/mol. The van der Waals surface area contributed by atoms with Crippen molar-refractivity contribution in [2.75, 3.05) is 26.2 Å². The van der Waals surface area contributed by atoms with Crippen molar-refractivity contribution in [3.8, 4) is 0 Å². The third-order valence-corrected chi connectivity index (χ3v) is 3.84. The van der Waals surface area contributed by atoms with Crippen LogP contribution >= 0.6 is 11.3 Å². The second-order valence-electron chi connectivity index (χ2n) is 3.78. The highest BCUT2D eigenvalue weighted by atomic mass is 32.1. The van der Waals surface area contributed by atoms with Gasteiger partial charge in [-0.25, -0.2) is 4.98 Å². The summed E-state index contributed by atoms with van der Waals surface area (Å²) in [5, 5.41) is 4.70. The highest BCUT2D eigenvalue weighted by Gasteiger charge is 2.01. The van der Waals surface area contributed by atoms with Crippen molar-refractivity contribution in [3.05, 3.63) is 16.1 Å². The molecular formula is C12H23N3S. The summed E-state index contributed by atoms with van der Waals surface area (Å²) >= 11 is 1.82. The number of aromatic nitrogens is 1. The van der Waals surface area contributed by atoms with Crippen molar-refractivity contribution in [1.29, 1.82) is 0 Å². The Labute approximate surface area is 103 Å². The molecule has 16 heavy (non-hydrogen) atoms. The first kappa shape index (κ1) is 13.6. The van der Waals surface area contributed by atoms with Gasteiger partial charge in [-0.05, 0) is 19.5 Å². The Hall–Kier alpha value is -0.450. The predicted molar refractivity (Wildman–Crippen MR) is 71.0 cm³/mol. The highest BCUT2D eigenvalue weighted by molar-refractivity contribution is 7.11. The average molecular weight is 241 g/mol. The van der Waals surface area contributed by atoms with E-state index < -0.39 is 0 Å². The molecule has 0 aliphatic rings. The molecule has 1 aromatic rings. The third kappa shape index (κ3) is 4.60. The Morgan fingerprint density at radius 3 is 2.62 bits per heavy atom. The molecule has 0 saturated carbocycles. The molecule has 4 heteroatoms. The van der Waals surface area contributed by atoms with Gasteiger partial charge in [0.05, 0.1) is 5.01 Å². The van der Waals surface area contributed by atoms with E-state index in [1.54, 1.807) is 0 Å². The molecule has 1 aromatic heterocycles. The van der Waals surface area contributed by atoms with Crippen LogP contribution in [0.25, 0.3) is 0 Å². The molecule has 0 fully saturated rings. The summed E-state index contributed by atoms with van der Waals surface area (Å²) in [6.45, 7) is 12.0. The molecule has 0 amide bonds. The van der Waals surface area contributed by atoms with Crippen LogP contribution in [0.15, 0.2) is 6.20 Å². The first-order chi connectivity index (χ1) is 7.80. The zero-order chi connectivity index (χ0) is 11.8. The second kappa shape index (κ2) is 7.76. The van der Waals surface area contributed by atoms with Crippen LogP contribution in [0.3, 0.4) is 0 Å². The van der Waals surface area contributed by atoms with E-state index in [1.165, 1.54) is 9.88 Å². The number of nitrogens with zero attached hydrogens (tertiary/aromatic N) is 2. The fourth-order valence-corrected chi connectivity index (χ4v) is 2.41. The number of hydrogen-bond donors (Lipinski definition) is 1. The molecule has 0 radical (unpaired) electrons. The number of nitrogens with one attached hydrogen (secondary N) is 1. The molecule has 0 aromatic carbocycles. The maximum absolute atomic E-state index is 4.35. The summed E-state index contributed by atoms with van der Waals surface area (Å²) < 4.78 is 0. The number of aryl methyl sites for hydroxylation is 1. The van der Waals surface area contributed by atoms with Gasteiger partial charge in [0.15, 0.2) is 0 Å². The summed E-state index contributed by atoms with van der Waals surface area (Å²) in [5.41, 5.74) is 0. The third-order valence-electron chi connectivity index (χ3n) is 2.70. The van der Waals surface area contributed by atoms with Gasteiger partial charge in [0.25, 0.3) is 0 Å². The minimum atomic E-state index is 0.957. The van der Waals surface area contributed by atoms with Crippen molar-refractivity contribution in [1.82, 2.24) is 15.2 Å². The average Bonchev–Trinajstić information content (AvgIpc) is 2.77. The molecule has 1 N–H and O–H groups in total. The van der Waals surface area contributed by atoms with Crippen molar-refractivity contribution in [3.63, 3.8) is 0 Å². The van der Waals surface area contributed by atoms with E-state index in [4.69, 9.17) is 0 Å². The number of rotatable bonds is 8. The molecule has 0 unspecified atom stereocenters. The summed E-state index contributed by atoms with van der Waals surface area (Å²) in [5.74, 6) is 0. The van der Waals surface area contributed by atoms with Crippen LogP contribution in [0.2, 0.25) is 0 Å². The van der Waals surface area contributed by atoms with E-state index in [0.717, 1.165) is 39.1 Å². The molecule has 3 nitrogen and oxygen atoms in total. The first-order valence-electron chi connectivity index (χ1n) is 6.16. The minimum Gasteiger partial charge on any atom is -0.311 e. The quantitative estimate of drug-likeness (QED) is 0.707. The number of hydrogen-bond acceptors (Lipinski definition) is 4. The fourth-order valence-electron chi connectivity index (χ4n) is 1.58. The van der Waals surface area contributed by atoms with E-state index in [2.05, 4.69) is 36.0 Å². The Bertz CT molecular complexity index is 282. The van der Waals surface area contributed by atoms with E-state index >= 15 is 0 Å². The summed E-state index contributed by atoms with van der Waals surface area (Å²) in [7, 11) is 0. The molecule has 1 heterocycles. The lowest BCUT2D eigenvalue weighted by Crippen LogP contribution is -2.31. The largest absolute Gasteiger partial charge is 0.311 e. The summed E-state index contributed by atoms with van der Waals surface area (Å²) in [6.07, 6.45) is 3.04. The van der Waals surface area contributed by atoms with Gasteiger partial charge in [0.1, 0.15) is 0 Å². The second-order valence-corrected chi connectivity index (χ2v) is 4.98. The zero-order valence-corrected chi connectivity index (χ0v) is 11.4. The Morgan fingerprint density at radius 1 is 1.31 bits per heavy atom. The number of thiazole rings is 1. The highest BCUT2D eigenvalue weighted by Crippen LogP contribution is 2.12. The maximum Gasteiger partial charge on any atom is 0.0925 e. The van der Waals surface area contributed by atoms with Crippen molar-refractivity contribution in [2.24, 2.45) is 0 Å². The number of likely N-dealkylation sites (N-methyl/N-ethyl adjacent to an activating group) is 1. The Morgan fingerprint density at radius 2 is 2.06 bits per heavy atom. The van der Waals surface area contributed by atoms with E-state index in [1.807, 2.05) is 17.5 Å². The van der Waals surface area contributed by atoms with Crippen LogP contribution in [0.1, 0.15) is 30.7 Å². The molecule has 0 spiro atoms. The van der Waals surface area contributed by atoms with Gasteiger partial charge in [0, 0.05) is 30.7 Å². The fraction of sp³-hybridized carbons (Fsp3) is 0.750. The molecule has 0 aliphatic carbocycles. The standard InChI is InChI=1S/C12H23N3S/c1-4-12-14-10-11(16-12)9-13-7-8-15(5-2)6-3/h10,13H,4-9H2,1-3H3. The van der Waals surface area contributed by atoms with Crippen LogP contribution in [-0.2, 0) is 13.0 Å². The SMILES string of the molecule is CCc1ncc(CNCCN(CC)CC)s1. The lowest BCUT2D eigenvalue weighted by Gasteiger charge is -2.17. The van der Waals surface area contributed by atoms with Gasteiger partial charge in [-0.1, -0.05) is 20.8 Å². The predicted octanol–water partition coefficient (Wildman–Crippen LogP) is 2.14. The molecule has 0 bridgehead atoms. The summed E-state index contributed by atoms with van der Waals surface area (Å²) in [4.78, 5) is 8.12. The van der Waals surface area contributed by atoms with Gasteiger partial charge in [-0.2, -0.15) is 0 Å². The Balaban J connectivity index is 2.15.